The number of nitrogens with zero attached hydrogens (tertiary/aromatic N) is 2. The molecule has 13 heteroatoms. The minimum atomic E-state index is -4.72. The van der Waals surface area contributed by atoms with E-state index in [1.807, 2.05) is 6.92 Å². The van der Waals surface area contributed by atoms with Crippen LogP contribution in [0.25, 0.3) is 0 Å². The molecule has 0 saturated carbocycles. The fraction of sp³-hybridized carbons (Fsp3) is 0.440. The number of hydrogen-bond acceptors (Lipinski definition) is 4. The number of hydrogen-bond donors (Lipinski definition) is 1. The molecule has 7 nitrogen and oxygen atoms in total. The van der Waals surface area contributed by atoms with E-state index in [0.717, 1.165) is 35.8 Å². The van der Waals surface area contributed by atoms with Gasteiger partial charge in [-0.15, -0.1) is 0 Å². The lowest BCUT2D eigenvalue weighted by Crippen LogP contribution is -2.52. The number of halogens is 5. The number of sulfonamides is 1. The molecule has 0 fully saturated rings. The molecule has 0 aliphatic carbocycles. The molecular formula is C25H30Cl2F3N3O4S. The Morgan fingerprint density at radius 3 is 2.18 bits per heavy atom. The van der Waals surface area contributed by atoms with Crippen LogP contribution in [0.2, 0.25) is 10.0 Å². The van der Waals surface area contributed by atoms with Crippen molar-refractivity contribution in [1.29, 1.82) is 0 Å². The Hall–Kier alpha value is -2.50. The lowest BCUT2D eigenvalue weighted by molar-refractivity contribution is -0.140. The molecule has 0 aliphatic rings. The maximum Gasteiger partial charge on any atom is 0.416 e. The van der Waals surface area contributed by atoms with Crippen molar-refractivity contribution >= 4 is 50.7 Å². The molecule has 0 aromatic heterocycles. The molecule has 0 aliphatic heterocycles. The van der Waals surface area contributed by atoms with E-state index in [-0.39, 0.29) is 28.7 Å². The fourth-order valence-corrected chi connectivity index (χ4v) is 5.09. The minimum Gasteiger partial charge on any atom is -0.354 e. The first kappa shape index (κ1) is 31.7. The van der Waals surface area contributed by atoms with Gasteiger partial charge in [-0.05, 0) is 43.2 Å². The van der Waals surface area contributed by atoms with Crippen LogP contribution in [-0.4, -0.2) is 50.5 Å². The molecule has 1 N–H and O–H groups in total. The van der Waals surface area contributed by atoms with Gasteiger partial charge in [0.15, 0.2) is 0 Å². The Balaban J connectivity index is 2.52. The number of rotatable bonds is 12. The lowest BCUT2D eigenvalue weighted by atomic mass is 10.1. The summed E-state index contributed by atoms with van der Waals surface area (Å²) in [4.78, 5) is 27.8. The number of benzene rings is 2. The highest BCUT2D eigenvalue weighted by molar-refractivity contribution is 7.92. The molecule has 210 valence electrons. The zero-order valence-corrected chi connectivity index (χ0v) is 23.5. The molecule has 2 rings (SSSR count). The summed E-state index contributed by atoms with van der Waals surface area (Å²) in [6.07, 6.45) is -2.22. The van der Waals surface area contributed by atoms with Crippen LogP contribution in [0.3, 0.4) is 0 Å². The van der Waals surface area contributed by atoms with Gasteiger partial charge < -0.3 is 10.2 Å². The fourth-order valence-electron chi connectivity index (χ4n) is 3.73. The van der Waals surface area contributed by atoms with Crippen LogP contribution in [0.5, 0.6) is 0 Å². The van der Waals surface area contributed by atoms with Gasteiger partial charge in [0, 0.05) is 28.7 Å². The zero-order valence-electron chi connectivity index (χ0n) is 21.2. The second-order valence-electron chi connectivity index (χ2n) is 8.61. The van der Waals surface area contributed by atoms with Crippen LogP contribution in [0.4, 0.5) is 18.9 Å². The number of carbonyl (C=O) groups is 2. The average molecular weight is 596 g/mol. The van der Waals surface area contributed by atoms with Crippen molar-refractivity contribution in [2.24, 2.45) is 0 Å². The van der Waals surface area contributed by atoms with E-state index in [2.05, 4.69) is 5.32 Å². The molecule has 0 heterocycles. The summed E-state index contributed by atoms with van der Waals surface area (Å²) in [5, 5.41) is 3.23. The Kier molecular flexibility index (Phi) is 11.3. The molecule has 2 aromatic rings. The third-order valence-corrected chi connectivity index (χ3v) is 7.60. The summed E-state index contributed by atoms with van der Waals surface area (Å²) in [5.74, 6) is -1.27. The molecule has 1 unspecified atom stereocenters. The highest BCUT2D eigenvalue weighted by atomic mass is 35.5. The van der Waals surface area contributed by atoms with Crippen LogP contribution in [0.15, 0.2) is 42.5 Å². The summed E-state index contributed by atoms with van der Waals surface area (Å²) in [5.41, 5.74) is -1.07. The topological polar surface area (TPSA) is 86.8 Å². The first-order chi connectivity index (χ1) is 17.7. The van der Waals surface area contributed by atoms with Gasteiger partial charge in [0.25, 0.3) is 0 Å². The second kappa shape index (κ2) is 13.5. The standard InChI is InChI=1S/C25H30Cl2F3N3O4S/c1-4-6-13-31-24(35)22(5-2)32(15-19-20(26)11-8-12-21(19)27)23(34)16-33(38(3,36)37)18-10-7-9-17(14-18)25(28,29)30/h7-12,14,22H,4-6,13,15-16H2,1-3H3,(H,31,35). The average Bonchev–Trinajstić information content (AvgIpc) is 2.83. The first-order valence-electron chi connectivity index (χ1n) is 11.9. The SMILES string of the molecule is CCCCNC(=O)C(CC)N(Cc1c(Cl)cccc1Cl)C(=O)CN(c1cccc(C(F)(F)F)c1)S(C)(=O)=O. The molecule has 38 heavy (non-hydrogen) atoms. The first-order valence-corrected chi connectivity index (χ1v) is 14.5. The molecule has 0 spiro atoms. The van der Waals surface area contributed by atoms with Gasteiger partial charge in [-0.25, -0.2) is 8.42 Å². The number of nitrogens with one attached hydrogen (secondary N) is 1. The van der Waals surface area contributed by atoms with E-state index < -0.39 is 46.2 Å². The van der Waals surface area contributed by atoms with Gasteiger partial charge in [-0.2, -0.15) is 13.2 Å². The molecule has 0 radical (unpaired) electrons. The Morgan fingerprint density at radius 1 is 1.05 bits per heavy atom. The number of amides is 2. The Labute approximate surface area is 230 Å². The third kappa shape index (κ3) is 8.51. The Bertz CT molecular complexity index is 1220. The van der Waals surface area contributed by atoms with Gasteiger partial charge in [-0.3, -0.25) is 13.9 Å². The van der Waals surface area contributed by atoms with Crippen molar-refractivity contribution in [2.45, 2.75) is 51.9 Å². The Morgan fingerprint density at radius 2 is 1.66 bits per heavy atom. The third-order valence-electron chi connectivity index (χ3n) is 5.75. The number of alkyl halides is 3. The van der Waals surface area contributed by atoms with E-state index in [1.165, 1.54) is 0 Å². The van der Waals surface area contributed by atoms with Crippen molar-refractivity contribution in [3.05, 3.63) is 63.6 Å². The predicted octanol–water partition coefficient (Wildman–Crippen LogP) is 5.50. The van der Waals surface area contributed by atoms with E-state index in [9.17, 15) is 31.2 Å². The maximum absolute atomic E-state index is 13.6. The number of unbranched alkanes of at least 4 members (excludes halogenated alkanes) is 1. The van der Waals surface area contributed by atoms with Gasteiger partial charge >= 0.3 is 6.18 Å². The number of carbonyl (C=O) groups excluding carboxylic acids is 2. The van der Waals surface area contributed by atoms with Crippen LogP contribution < -0.4 is 9.62 Å². The predicted molar refractivity (Wildman–Crippen MR) is 143 cm³/mol. The monoisotopic (exact) mass is 595 g/mol. The van der Waals surface area contributed by atoms with Gasteiger partial charge in [0.1, 0.15) is 12.6 Å². The molecule has 1 atom stereocenters. The van der Waals surface area contributed by atoms with Crippen molar-refractivity contribution in [3.8, 4) is 0 Å². The van der Waals surface area contributed by atoms with Gasteiger partial charge in [-0.1, -0.05) is 55.6 Å². The minimum absolute atomic E-state index is 0.175. The maximum atomic E-state index is 13.6. The normalized spacial score (nSPS) is 12.6. The summed E-state index contributed by atoms with van der Waals surface area (Å²) in [6, 6.07) is 7.36. The molecule has 2 aromatic carbocycles. The van der Waals surface area contributed by atoms with E-state index in [1.54, 1.807) is 25.1 Å². The highest BCUT2D eigenvalue weighted by Crippen LogP contribution is 2.32. The van der Waals surface area contributed by atoms with Crippen LogP contribution in [0.1, 0.15) is 44.2 Å². The van der Waals surface area contributed by atoms with Crippen molar-refractivity contribution in [2.75, 3.05) is 23.7 Å². The molecule has 0 bridgehead atoms. The molecule has 2 amide bonds. The summed E-state index contributed by atoms with van der Waals surface area (Å²) >= 11 is 12.6. The van der Waals surface area contributed by atoms with E-state index >= 15 is 0 Å². The summed E-state index contributed by atoms with van der Waals surface area (Å²) in [6.45, 7) is 2.94. The summed E-state index contributed by atoms with van der Waals surface area (Å²) in [7, 11) is -4.20. The van der Waals surface area contributed by atoms with Crippen molar-refractivity contribution in [1.82, 2.24) is 10.2 Å². The summed E-state index contributed by atoms with van der Waals surface area (Å²) < 4.78 is 65.7. The lowest BCUT2D eigenvalue weighted by Gasteiger charge is -2.33. The largest absolute Gasteiger partial charge is 0.416 e. The second-order valence-corrected chi connectivity index (χ2v) is 11.3. The van der Waals surface area contributed by atoms with Gasteiger partial charge in [0.05, 0.1) is 17.5 Å². The van der Waals surface area contributed by atoms with Gasteiger partial charge in [0.2, 0.25) is 21.8 Å². The van der Waals surface area contributed by atoms with E-state index in [4.69, 9.17) is 23.2 Å². The highest BCUT2D eigenvalue weighted by Gasteiger charge is 2.34. The number of anilines is 1. The van der Waals surface area contributed by atoms with Crippen molar-refractivity contribution in [3.63, 3.8) is 0 Å². The smallest absolute Gasteiger partial charge is 0.354 e. The quantitative estimate of drug-likeness (QED) is 0.328. The van der Waals surface area contributed by atoms with Crippen LogP contribution in [0, 0.1) is 0 Å². The van der Waals surface area contributed by atoms with Crippen molar-refractivity contribution < 1.29 is 31.2 Å². The molecular weight excluding hydrogens is 566 g/mol. The zero-order chi connectivity index (χ0) is 28.7. The van der Waals surface area contributed by atoms with Crippen LogP contribution in [-0.2, 0) is 32.3 Å². The van der Waals surface area contributed by atoms with Crippen LogP contribution >= 0.6 is 23.2 Å². The van der Waals surface area contributed by atoms with E-state index in [0.29, 0.717) is 28.9 Å². The molecule has 0 saturated heterocycles.